The van der Waals surface area contributed by atoms with Gasteiger partial charge in [-0.25, -0.2) is 0 Å². The number of nitrogens with zero attached hydrogens (tertiary/aromatic N) is 1. The Balaban J connectivity index is 2.91. The first-order valence-corrected chi connectivity index (χ1v) is 6.90. The van der Waals surface area contributed by atoms with Crippen LogP contribution in [0.25, 0.3) is 0 Å². The molecule has 1 aromatic heterocycles. The molecule has 0 atom stereocenters. The zero-order valence-electron chi connectivity index (χ0n) is 11.4. The van der Waals surface area contributed by atoms with E-state index < -0.39 is 5.97 Å². The van der Waals surface area contributed by atoms with Crippen LogP contribution in [0.1, 0.15) is 29.1 Å². The monoisotopic (exact) mass is 285 g/mol. The third-order valence-corrected chi connectivity index (χ3v) is 3.38. The fourth-order valence-electron chi connectivity index (χ4n) is 1.76. The topological polar surface area (TPSA) is 66.8 Å². The van der Waals surface area contributed by atoms with Gasteiger partial charge in [-0.1, -0.05) is 13.8 Å². The highest BCUT2D eigenvalue weighted by Crippen LogP contribution is 2.20. The van der Waals surface area contributed by atoms with Crippen LogP contribution in [0.4, 0.5) is 0 Å². The number of rotatable bonds is 7. The molecule has 1 heterocycles. The van der Waals surface area contributed by atoms with Crippen LogP contribution in [0.2, 0.25) is 0 Å². The average molecular weight is 285 g/mol. The van der Waals surface area contributed by atoms with Gasteiger partial charge in [0.25, 0.3) is 5.91 Å². The van der Waals surface area contributed by atoms with Gasteiger partial charge in [-0.3, -0.25) is 9.59 Å². The van der Waals surface area contributed by atoms with E-state index in [0.29, 0.717) is 18.0 Å². The summed E-state index contributed by atoms with van der Waals surface area (Å²) in [7, 11) is 1.56. The van der Waals surface area contributed by atoms with Gasteiger partial charge in [-0.05, 0) is 17.4 Å². The van der Waals surface area contributed by atoms with E-state index in [-0.39, 0.29) is 18.4 Å². The van der Waals surface area contributed by atoms with Crippen LogP contribution >= 0.6 is 11.3 Å². The number of aliphatic carboxylic acids is 1. The van der Waals surface area contributed by atoms with Crippen molar-refractivity contribution in [3.05, 3.63) is 21.9 Å². The van der Waals surface area contributed by atoms with Crippen molar-refractivity contribution in [2.75, 3.05) is 20.2 Å². The van der Waals surface area contributed by atoms with Gasteiger partial charge in [0.2, 0.25) is 0 Å². The van der Waals surface area contributed by atoms with E-state index in [4.69, 9.17) is 9.84 Å². The number of hydrogen-bond acceptors (Lipinski definition) is 4. The van der Waals surface area contributed by atoms with Crippen molar-refractivity contribution in [2.45, 2.75) is 20.5 Å². The molecule has 1 N–H and O–H groups in total. The van der Waals surface area contributed by atoms with Crippen LogP contribution < -0.4 is 0 Å². The fraction of sp³-hybridized carbons (Fsp3) is 0.538. The molecule has 0 saturated carbocycles. The van der Waals surface area contributed by atoms with Crippen molar-refractivity contribution < 1.29 is 19.4 Å². The summed E-state index contributed by atoms with van der Waals surface area (Å²) in [5.74, 6) is -1.02. The molecule has 0 spiro atoms. The van der Waals surface area contributed by atoms with Crippen molar-refractivity contribution in [3.63, 3.8) is 0 Å². The van der Waals surface area contributed by atoms with E-state index in [1.165, 1.54) is 16.2 Å². The third kappa shape index (κ3) is 4.65. The Morgan fingerprint density at radius 2 is 2.16 bits per heavy atom. The van der Waals surface area contributed by atoms with Crippen molar-refractivity contribution >= 4 is 23.2 Å². The molecule has 0 bridgehead atoms. The molecule has 1 amide bonds. The van der Waals surface area contributed by atoms with Crippen LogP contribution in [0.3, 0.4) is 0 Å². The molecule has 1 aromatic rings. The number of carboxylic acid groups (broad SMARTS) is 1. The van der Waals surface area contributed by atoms with Crippen LogP contribution in [0, 0.1) is 5.92 Å². The molecule has 0 fully saturated rings. The standard InChI is InChI=1S/C13H19NO4S/c1-9(2)6-14(7-11(15)16)13(17)12-10(8-18-3)4-5-19-12/h4-5,9H,6-8H2,1-3H3,(H,15,16). The number of carbonyl (C=O) groups excluding carboxylic acids is 1. The van der Waals surface area contributed by atoms with E-state index in [1.54, 1.807) is 7.11 Å². The lowest BCUT2D eigenvalue weighted by Crippen LogP contribution is -2.38. The zero-order chi connectivity index (χ0) is 14.4. The molecule has 0 aliphatic rings. The van der Waals surface area contributed by atoms with Crippen molar-refractivity contribution in [2.24, 2.45) is 5.92 Å². The van der Waals surface area contributed by atoms with Crippen LogP contribution in [0.15, 0.2) is 11.4 Å². The Bertz CT molecular complexity index is 442. The first-order valence-electron chi connectivity index (χ1n) is 6.02. The van der Waals surface area contributed by atoms with Gasteiger partial charge >= 0.3 is 5.97 Å². The van der Waals surface area contributed by atoms with E-state index in [0.717, 1.165) is 5.56 Å². The second-order valence-electron chi connectivity index (χ2n) is 4.68. The molecule has 19 heavy (non-hydrogen) atoms. The van der Waals surface area contributed by atoms with Crippen molar-refractivity contribution in [1.29, 1.82) is 0 Å². The van der Waals surface area contributed by atoms with E-state index >= 15 is 0 Å². The summed E-state index contributed by atoms with van der Waals surface area (Å²) in [6, 6.07) is 1.83. The lowest BCUT2D eigenvalue weighted by atomic mass is 10.2. The third-order valence-electron chi connectivity index (χ3n) is 2.44. The van der Waals surface area contributed by atoms with E-state index in [1.807, 2.05) is 25.3 Å². The quantitative estimate of drug-likeness (QED) is 0.833. The van der Waals surface area contributed by atoms with Crippen LogP contribution in [0.5, 0.6) is 0 Å². The number of methoxy groups -OCH3 is 1. The van der Waals surface area contributed by atoms with Crippen molar-refractivity contribution in [3.8, 4) is 0 Å². The highest BCUT2D eigenvalue weighted by molar-refractivity contribution is 7.12. The number of carboxylic acids is 1. The Hall–Kier alpha value is -1.40. The van der Waals surface area contributed by atoms with Gasteiger partial charge < -0.3 is 14.7 Å². The second kappa shape index (κ2) is 7.25. The van der Waals surface area contributed by atoms with Gasteiger partial charge in [-0.15, -0.1) is 11.3 Å². The molecular formula is C13H19NO4S. The summed E-state index contributed by atoms with van der Waals surface area (Å²) in [4.78, 5) is 25.2. The Kier molecular flexibility index (Phi) is 5.98. The smallest absolute Gasteiger partial charge is 0.323 e. The summed E-state index contributed by atoms with van der Waals surface area (Å²) < 4.78 is 5.04. The molecular weight excluding hydrogens is 266 g/mol. The predicted molar refractivity (Wildman–Crippen MR) is 73.4 cm³/mol. The molecule has 0 radical (unpaired) electrons. The predicted octanol–water partition coefficient (Wildman–Crippen LogP) is 2.08. The molecule has 0 aromatic carbocycles. The minimum absolute atomic E-state index is 0.217. The normalized spacial score (nSPS) is 10.7. The largest absolute Gasteiger partial charge is 0.480 e. The maximum Gasteiger partial charge on any atom is 0.323 e. The maximum atomic E-state index is 12.4. The number of hydrogen-bond donors (Lipinski definition) is 1. The maximum absolute atomic E-state index is 12.4. The van der Waals surface area contributed by atoms with Crippen LogP contribution in [-0.2, 0) is 16.1 Å². The number of carbonyl (C=O) groups is 2. The summed E-state index contributed by atoms with van der Waals surface area (Å²) in [6.07, 6.45) is 0. The van der Waals surface area contributed by atoms with Crippen LogP contribution in [-0.4, -0.2) is 42.1 Å². The summed E-state index contributed by atoms with van der Waals surface area (Å²) >= 11 is 1.32. The molecule has 0 aliphatic carbocycles. The van der Waals surface area contributed by atoms with E-state index in [2.05, 4.69) is 0 Å². The summed E-state index contributed by atoms with van der Waals surface area (Å²) in [5.41, 5.74) is 0.802. The molecule has 6 heteroatoms. The SMILES string of the molecule is COCc1ccsc1C(=O)N(CC(=O)O)CC(C)C. The lowest BCUT2D eigenvalue weighted by molar-refractivity contribution is -0.137. The fourth-order valence-corrected chi connectivity index (χ4v) is 2.64. The van der Waals surface area contributed by atoms with E-state index in [9.17, 15) is 9.59 Å². The average Bonchev–Trinajstić information content (AvgIpc) is 2.74. The Labute approximate surface area is 116 Å². The number of thiophene rings is 1. The molecule has 1 rings (SSSR count). The molecule has 0 unspecified atom stereocenters. The zero-order valence-corrected chi connectivity index (χ0v) is 12.2. The summed E-state index contributed by atoms with van der Waals surface area (Å²) in [5, 5.41) is 10.7. The number of ether oxygens (including phenoxy) is 1. The van der Waals surface area contributed by atoms with Gasteiger partial charge in [0, 0.05) is 19.2 Å². The minimum atomic E-state index is -1.00. The first kappa shape index (κ1) is 15.7. The second-order valence-corrected chi connectivity index (χ2v) is 5.60. The Morgan fingerprint density at radius 1 is 1.47 bits per heavy atom. The molecule has 5 nitrogen and oxygen atoms in total. The lowest BCUT2D eigenvalue weighted by Gasteiger charge is -2.22. The molecule has 106 valence electrons. The molecule has 0 saturated heterocycles. The Morgan fingerprint density at radius 3 is 2.68 bits per heavy atom. The van der Waals surface area contributed by atoms with Gasteiger partial charge in [0.1, 0.15) is 6.54 Å². The highest BCUT2D eigenvalue weighted by Gasteiger charge is 2.22. The van der Waals surface area contributed by atoms with Gasteiger partial charge in [0.05, 0.1) is 11.5 Å². The highest BCUT2D eigenvalue weighted by atomic mass is 32.1. The van der Waals surface area contributed by atoms with Gasteiger partial charge in [-0.2, -0.15) is 0 Å². The first-order chi connectivity index (χ1) is 8.95. The minimum Gasteiger partial charge on any atom is -0.480 e. The number of amides is 1. The van der Waals surface area contributed by atoms with Gasteiger partial charge in [0.15, 0.2) is 0 Å². The van der Waals surface area contributed by atoms with Crippen molar-refractivity contribution in [1.82, 2.24) is 4.90 Å². The molecule has 0 aliphatic heterocycles. The summed E-state index contributed by atoms with van der Waals surface area (Å²) in [6.45, 7) is 4.41.